The summed E-state index contributed by atoms with van der Waals surface area (Å²) >= 11 is 0. The van der Waals surface area contributed by atoms with Crippen molar-refractivity contribution >= 4 is 5.91 Å². The second-order valence-electron chi connectivity index (χ2n) is 8.72. The molecule has 31 heavy (non-hydrogen) atoms. The zero-order valence-corrected chi connectivity index (χ0v) is 18.4. The molecule has 0 saturated carbocycles. The number of hydrogen-bond donors (Lipinski definition) is 0. The van der Waals surface area contributed by atoms with E-state index in [0.29, 0.717) is 19.8 Å². The van der Waals surface area contributed by atoms with Gasteiger partial charge in [0, 0.05) is 31.7 Å². The summed E-state index contributed by atoms with van der Waals surface area (Å²) in [6.07, 6.45) is 3.77. The molecule has 2 aromatic rings. The molecule has 1 spiro atoms. The van der Waals surface area contributed by atoms with E-state index in [1.54, 1.807) is 0 Å². The van der Waals surface area contributed by atoms with Gasteiger partial charge in [-0.2, -0.15) is 0 Å². The van der Waals surface area contributed by atoms with Crippen LogP contribution in [0.5, 0.6) is 0 Å². The molecule has 1 atom stereocenters. The number of piperidine rings is 1. The maximum absolute atomic E-state index is 12.8. The van der Waals surface area contributed by atoms with Gasteiger partial charge in [0.25, 0.3) is 5.91 Å². The SMILES string of the molecule is Cc1cccc(C(=O)N2CCC3(CC2)CC(OCCOCc2ccccc2)CCO3)c1. The van der Waals surface area contributed by atoms with E-state index in [9.17, 15) is 4.79 Å². The first kappa shape index (κ1) is 22.0. The van der Waals surface area contributed by atoms with Crippen molar-refractivity contribution in [1.82, 2.24) is 4.90 Å². The molecule has 2 saturated heterocycles. The van der Waals surface area contributed by atoms with E-state index in [4.69, 9.17) is 14.2 Å². The molecule has 0 bridgehead atoms. The molecule has 4 rings (SSSR count). The molecule has 0 N–H and O–H groups in total. The van der Waals surface area contributed by atoms with Crippen LogP contribution in [0.2, 0.25) is 0 Å². The lowest BCUT2D eigenvalue weighted by atomic mass is 9.83. The number of carbonyl (C=O) groups is 1. The molecule has 2 aliphatic rings. The minimum Gasteiger partial charge on any atom is -0.376 e. The fraction of sp³-hybridized carbons (Fsp3) is 0.500. The first-order valence-electron chi connectivity index (χ1n) is 11.4. The van der Waals surface area contributed by atoms with Crippen LogP contribution < -0.4 is 0 Å². The maximum Gasteiger partial charge on any atom is 0.253 e. The first-order valence-corrected chi connectivity index (χ1v) is 11.4. The van der Waals surface area contributed by atoms with Gasteiger partial charge in [0.1, 0.15) is 0 Å². The van der Waals surface area contributed by atoms with Gasteiger partial charge in [-0.3, -0.25) is 4.79 Å². The number of aryl methyl sites for hydroxylation is 1. The lowest BCUT2D eigenvalue weighted by Gasteiger charge is -2.46. The third-order valence-corrected chi connectivity index (χ3v) is 6.37. The molecule has 2 heterocycles. The summed E-state index contributed by atoms with van der Waals surface area (Å²) in [4.78, 5) is 14.8. The Balaban J connectivity index is 1.20. The quantitative estimate of drug-likeness (QED) is 0.620. The van der Waals surface area contributed by atoms with Gasteiger partial charge in [-0.05, 0) is 43.9 Å². The topological polar surface area (TPSA) is 48.0 Å². The number of amides is 1. The van der Waals surface area contributed by atoms with Crippen LogP contribution in [0, 0.1) is 6.92 Å². The van der Waals surface area contributed by atoms with Crippen LogP contribution in [-0.2, 0) is 20.8 Å². The van der Waals surface area contributed by atoms with Crippen LogP contribution in [0.25, 0.3) is 0 Å². The molecule has 5 nitrogen and oxygen atoms in total. The Bertz CT molecular complexity index is 845. The van der Waals surface area contributed by atoms with Gasteiger partial charge in [0.2, 0.25) is 0 Å². The van der Waals surface area contributed by atoms with Crippen molar-refractivity contribution in [1.29, 1.82) is 0 Å². The van der Waals surface area contributed by atoms with Crippen molar-refractivity contribution in [3.63, 3.8) is 0 Å². The Morgan fingerprint density at radius 3 is 2.68 bits per heavy atom. The summed E-state index contributed by atoms with van der Waals surface area (Å²) in [5.41, 5.74) is 2.91. The van der Waals surface area contributed by atoms with Crippen molar-refractivity contribution in [3.05, 3.63) is 71.3 Å². The Morgan fingerprint density at radius 1 is 1.10 bits per heavy atom. The van der Waals surface area contributed by atoms with Crippen LogP contribution in [-0.4, -0.2) is 55.4 Å². The molecule has 5 heteroatoms. The van der Waals surface area contributed by atoms with Gasteiger partial charge in [0.05, 0.1) is 31.5 Å². The lowest BCUT2D eigenvalue weighted by molar-refractivity contribution is -0.155. The average molecular weight is 424 g/mol. The van der Waals surface area contributed by atoms with Crippen molar-refractivity contribution < 1.29 is 19.0 Å². The van der Waals surface area contributed by atoms with Crippen molar-refractivity contribution in [2.45, 2.75) is 50.9 Å². The summed E-state index contributed by atoms with van der Waals surface area (Å²) in [5.74, 6) is 0.123. The zero-order valence-electron chi connectivity index (χ0n) is 18.4. The molecular weight excluding hydrogens is 390 g/mol. The lowest BCUT2D eigenvalue weighted by Crippen LogP contribution is -2.52. The highest BCUT2D eigenvalue weighted by atomic mass is 16.5. The number of nitrogens with zero attached hydrogens (tertiary/aromatic N) is 1. The Labute approximate surface area is 185 Å². The molecule has 1 unspecified atom stereocenters. The van der Waals surface area contributed by atoms with E-state index >= 15 is 0 Å². The molecule has 166 valence electrons. The van der Waals surface area contributed by atoms with E-state index in [1.807, 2.05) is 54.3 Å². The predicted octanol–water partition coefficient (Wildman–Crippen LogP) is 4.38. The molecule has 0 aliphatic carbocycles. The van der Waals surface area contributed by atoms with Crippen molar-refractivity contribution in [2.24, 2.45) is 0 Å². The van der Waals surface area contributed by atoms with Gasteiger partial charge >= 0.3 is 0 Å². The summed E-state index contributed by atoms with van der Waals surface area (Å²) in [6, 6.07) is 18.0. The minimum absolute atomic E-state index is 0.123. The first-order chi connectivity index (χ1) is 15.1. The van der Waals surface area contributed by atoms with Crippen LogP contribution >= 0.6 is 0 Å². The van der Waals surface area contributed by atoms with Gasteiger partial charge in [-0.15, -0.1) is 0 Å². The van der Waals surface area contributed by atoms with Gasteiger partial charge in [0.15, 0.2) is 0 Å². The standard InChI is InChI=1S/C26H33NO4/c1-21-6-5-9-23(18-21)25(28)27-13-11-26(12-14-27)19-24(10-15-31-26)30-17-16-29-20-22-7-3-2-4-8-22/h2-9,18,24H,10-17,19-20H2,1H3. The van der Waals surface area contributed by atoms with Gasteiger partial charge < -0.3 is 19.1 Å². The number of rotatable bonds is 7. The average Bonchev–Trinajstić information content (AvgIpc) is 2.80. The van der Waals surface area contributed by atoms with E-state index in [1.165, 1.54) is 5.56 Å². The fourth-order valence-corrected chi connectivity index (χ4v) is 4.59. The van der Waals surface area contributed by atoms with E-state index in [2.05, 4.69) is 12.1 Å². The van der Waals surface area contributed by atoms with Gasteiger partial charge in [-0.1, -0.05) is 48.0 Å². The molecule has 0 radical (unpaired) electrons. The highest BCUT2D eigenvalue weighted by Gasteiger charge is 2.41. The second-order valence-corrected chi connectivity index (χ2v) is 8.72. The van der Waals surface area contributed by atoms with Crippen LogP contribution in [0.4, 0.5) is 0 Å². The van der Waals surface area contributed by atoms with Crippen LogP contribution in [0.15, 0.2) is 54.6 Å². The van der Waals surface area contributed by atoms with E-state index < -0.39 is 0 Å². The minimum atomic E-state index is -0.156. The smallest absolute Gasteiger partial charge is 0.253 e. The fourth-order valence-electron chi connectivity index (χ4n) is 4.59. The Hall–Kier alpha value is -2.21. The molecule has 2 aromatic carbocycles. The predicted molar refractivity (Wildman–Crippen MR) is 120 cm³/mol. The summed E-state index contributed by atoms with van der Waals surface area (Å²) < 4.78 is 18.1. The molecular formula is C26H33NO4. The Kier molecular flexibility index (Phi) is 7.38. The molecule has 2 fully saturated rings. The number of hydrogen-bond acceptors (Lipinski definition) is 4. The number of benzene rings is 2. The maximum atomic E-state index is 12.8. The van der Waals surface area contributed by atoms with Crippen LogP contribution in [0.1, 0.15) is 47.2 Å². The molecule has 1 amide bonds. The third kappa shape index (κ3) is 5.94. The molecule has 2 aliphatic heterocycles. The van der Waals surface area contributed by atoms with Crippen molar-refractivity contribution in [3.8, 4) is 0 Å². The van der Waals surface area contributed by atoms with Gasteiger partial charge in [-0.25, -0.2) is 0 Å². The monoisotopic (exact) mass is 423 g/mol. The summed E-state index contributed by atoms with van der Waals surface area (Å²) in [6.45, 7) is 6.03. The van der Waals surface area contributed by atoms with E-state index in [-0.39, 0.29) is 17.6 Å². The molecule has 0 aromatic heterocycles. The highest BCUT2D eigenvalue weighted by molar-refractivity contribution is 5.94. The van der Waals surface area contributed by atoms with E-state index in [0.717, 1.165) is 56.5 Å². The number of carbonyl (C=O) groups excluding carboxylic acids is 1. The zero-order chi connectivity index (χ0) is 21.5. The van der Waals surface area contributed by atoms with Crippen molar-refractivity contribution in [2.75, 3.05) is 32.9 Å². The number of ether oxygens (including phenoxy) is 3. The normalized spacial score (nSPS) is 20.7. The number of likely N-dealkylation sites (tertiary alicyclic amines) is 1. The summed E-state index contributed by atoms with van der Waals surface area (Å²) in [5, 5.41) is 0. The largest absolute Gasteiger partial charge is 0.376 e. The highest BCUT2D eigenvalue weighted by Crippen LogP contribution is 2.36. The van der Waals surface area contributed by atoms with Crippen LogP contribution in [0.3, 0.4) is 0 Å². The third-order valence-electron chi connectivity index (χ3n) is 6.37. The summed E-state index contributed by atoms with van der Waals surface area (Å²) in [7, 11) is 0. The second kappa shape index (κ2) is 10.4. The Morgan fingerprint density at radius 2 is 1.90 bits per heavy atom.